The van der Waals surface area contributed by atoms with Gasteiger partial charge in [-0.3, -0.25) is 33.6 Å². The molecule has 1 aromatic heterocycles. The van der Waals surface area contributed by atoms with E-state index >= 15 is 0 Å². The van der Waals surface area contributed by atoms with Crippen LogP contribution in [0.15, 0.2) is 84.6 Å². The Bertz CT molecular complexity index is 3540. The number of methoxy groups -OCH3 is 3. The molecule has 14 atom stereocenters. The summed E-state index contributed by atoms with van der Waals surface area (Å²) in [7, 11) is 4.69. The van der Waals surface area contributed by atoms with Crippen LogP contribution in [0.1, 0.15) is 141 Å². The van der Waals surface area contributed by atoms with E-state index in [-0.39, 0.29) is 116 Å². The Morgan fingerprint density at radius 3 is 2.17 bits per heavy atom. The summed E-state index contributed by atoms with van der Waals surface area (Å²) >= 11 is 6.14. The maximum Gasteiger partial charge on any atom is 0.434 e. The molecule has 2 bridgehead atoms. The number of halogens is 4. The van der Waals surface area contributed by atoms with Crippen LogP contribution in [0.4, 0.5) is 24.5 Å². The van der Waals surface area contributed by atoms with Crippen molar-refractivity contribution in [3.8, 4) is 11.4 Å². The van der Waals surface area contributed by atoms with E-state index in [1.54, 1.807) is 40.1 Å². The van der Waals surface area contributed by atoms with Crippen molar-refractivity contribution in [3.05, 3.63) is 101 Å². The number of cyclic esters (lactones) is 1. The highest BCUT2D eigenvalue weighted by Gasteiger charge is 2.76. The molecule has 2 aromatic carbocycles. The number of esters is 1. The monoisotopic (exact) mass is 1400 g/mol. The third-order valence-corrected chi connectivity index (χ3v) is 20.8. The molecule has 4 N–H and O–H groups in total. The molecule has 4 aliphatic heterocycles. The zero-order chi connectivity index (χ0) is 71.8. The van der Waals surface area contributed by atoms with E-state index in [1.165, 1.54) is 52.3 Å². The fourth-order valence-corrected chi connectivity index (χ4v) is 15.3. The molecule has 540 valence electrons. The predicted molar refractivity (Wildman–Crippen MR) is 358 cm³/mol. The summed E-state index contributed by atoms with van der Waals surface area (Å²) in [6.07, 6.45) is 0.268. The summed E-state index contributed by atoms with van der Waals surface area (Å²) in [5.41, 5.74) is -2.79. The van der Waals surface area contributed by atoms with Gasteiger partial charge in [-0.25, -0.2) is 9.48 Å². The van der Waals surface area contributed by atoms with E-state index in [2.05, 4.69) is 22.3 Å². The zero-order valence-corrected chi connectivity index (χ0v) is 58.2. The molecule has 5 amide bonds. The number of nitrogens with one attached hydrogen (secondary N) is 2. The Labute approximate surface area is 580 Å². The SMILES string of the molecule is C=CC(=O)Nc1cc(Cl)cc(NC(=O)c2cnn(-c3ccc(OCC(=O)N4CCN(C(=O)CCC[C@@H]5/C=C(\C)C[C@H](C)C[C@H](OC)[C@H]6O[C@@]7(C[C@@]7(C)C[C@@H]6OC)C(=O)C(=O)N6CCCC[C@H]6C(=O)O[C@H](/C(C)=C/[C@@H]6CC[C@@H](O)[C@H](OC)C6)[C@H](C)[C@@H](O)CC5=O)CC4)cc3)c2C(F)(F)F)c1. The number of aliphatic hydroxyl groups excluding tert-OH is 2. The van der Waals surface area contributed by atoms with Crippen molar-refractivity contribution < 1.29 is 90.2 Å². The van der Waals surface area contributed by atoms with Crippen LogP contribution < -0.4 is 15.4 Å². The van der Waals surface area contributed by atoms with Crippen LogP contribution >= 0.6 is 11.6 Å². The van der Waals surface area contributed by atoms with Gasteiger partial charge in [0.2, 0.25) is 11.8 Å². The van der Waals surface area contributed by atoms with Gasteiger partial charge in [0.1, 0.15) is 35.4 Å². The fraction of sp³-hybridized carbons (Fsp3) is 0.597. The van der Waals surface area contributed by atoms with Crippen LogP contribution in [0.5, 0.6) is 5.75 Å². The Balaban J connectivity index is 0.851. The highest BCUT2D eigenvalue weighted by molar-refractivity contribution is 6.40. The number of piperidine rings is 1. The number of Topliss-reactive ketones (excluding diaryl/α,β-unsaturated/α-hetero) is 2. The number of aliphatic hydroxyl groups is 2. The third-order valence-electron chi connectivity index (χ3n) is 20.6. The van der Waals surface area contributed by atoms with Gasteiger partial charge in [-0.05, 0) is 157 Å². The number of carbonyl (C=O) groups excluding carboxylic acids is 8. The molecule has 3 aromatic rings. The summed E-state index contributed by atoms with van der Waals surface area (Å²) in [5.74, 6) is -6.48. The van der Waals surface area contributed by atoms with Crippen molar-refractivity contribution in [2.75, 3.05) is 71.3 Å². The van der Waals surface area contributed by atoms with Crippen molar-refractivity contribution in [1.29, 1.82) is 0 Å². The minimum absolute atomic E-state index is 0.00267. The average Bonchev–Trinajstić information content (AvgIpc) is 1.51. The second-order valence-electron chi connectivity index (χ2n) is 27.8. The molecule has 9 rings (SSSR count). The quantitative estimate of drug-likeness (QED) is 0.0424. The number of hydrogen-bond donors (Lipinski definition) is 4. The molecule has 23 nitrogen and oxygen atoms in total. The Morgan fingerprint density at radius 1 is 0.848 bits per heavy atom. The fourth-order valence-electron chi connectivity index (χ4n) is 15.0. The van der Waals surface area contributed by atoms with Crippen molar-refractivity contribution in [2.45, 2.75) is 185 Å². The minimum Gasteiger partial charge on any atom is -0.484 e. The number of anilines is 2. The number of fused-ring (bicyclic) bond motifs is 2. The zero-order valence-electron chi connectivity index (χ0n) is 57.5. The van der Waals surface area contributed by atoms with Crippen LogP contribution in [0.3, 0.4) is 0 Å². The second kappa shape index (κ2) is 32.5. The lowest BCUT2D eigenvalue weighted by Crippen LogP contribution is -2.58. The Kier molecular flexibility index (Phi) is 24.9. The molecule has 1 spiro atoms. The van der Waals surface area contributed by atoms with Crippen molar-refractivity contribution >= 4 is 70.0 Å². The summed E-state index contributed by atoms with van der Waals surface area (Å²) in [4.78, 5) is 116. The van der Waals surface area contributed by atoms with Gasteiger partial charge in [0.25, 0.3) is 23.5 Å². The summed E-state index contributed by atoms with van der Waals surface area (Å²) < 4.78 is 81.3. The van der Waals surface area contributed by atoms with E-state index in [0.29, 0.717) is 68.0 Å². The molecule has 3 saturated heterocycles. The van der Waals surface area contributed by atoms with Gasteiger partial charge in [-0.15, -0.1) is 0 Å². The minimum atomic E-state index is -5.05. The molecule has 99 heavy (non-hydrogen) atoms. The molecule has 2 aliphatic carbocycles. The Morgan fingerprint density at radius 2 is 1.52 bits per heavy atom. The lowest BCUT2D eigenvalue weighted by Gasteiger charge is -2.42. The highest BCUT2D eigenvalue weighted by atomic mass is 35.5. The number of aromatic nitrogens is 2. The van der Waals surface area contributed by atoms with E-state index in [1.807, 2.05) is 32.9 Å². The van der Waals surface area contributed by atoms with Gasteiger partial charge >= 0.3 is 12.1 Å². The number of benzene rings is 2. The normalized spacial score (nSPS) is 30.5. The molecule has 5 heterocycles. The van der Waals surface area contributed by atoms with Gasteiger partial charge in [0.05, 0.1) is 48.0 Å². The maximum atomic E-state index is 14.8. The first-order valence-corrected chi connectivity index (χ1v) is 34.4. The maximum absolute atomic E-state index is 14.8. The first-order valence-electron chi connectivity index (χ1n) is 34.1. The number of rotatable bonds is 17. The number of piperazine rings is 1. The number of nitrogens with zero attached hydrogens (tertiary/aromatic N) is 5. The third kappa shape index (κ3) is 17.9. The smallest absolute Gasteiger partial charge is 0.434 e. The lowest BCUT2D eigenvalue weighted by atomic mass is 9.81. The standard InChI is InChI=1S/C72H93ClF3N7O16/c1-10-60(87)78-48-33-47(73)34-49(35-48)79-67(91)52-38-77-83(65(52)72(74,75)76)50-18-20-51(21-19-50)97-39-62(89)81-26-24-80(25-27-81)61(88)16-13-14-46-29-41(2)28-42(3)30-58(95-8)64-59(96-9)37-70(6)40-71(70,99-64)66(90)68(92)82-23-12-11-15-53(82)69(93)98-63(44(5)55(85)36-56(46)86)43(4)31-45-17-22-54(84)57(32-45)94-7/h10,18-21,29,31,33-35,38,42,44-46,53-55,57-59,63-64,84-85H,1,11-17,22-28,30,32,36-37,39-40H2,2-9H3,(H,78,87)(H,79,91)/b41-29+,43-31+/t42-,44+,45-,46+,53-,54+,55-,57+,58-,59-,63+,64+,70+,71-/m0/s1. The van der Waals surface area contributed by atoms with Crippen LogP contribution in [0.2, 0.25) is 5.02 Å². The van der Waals surface area contributed by atoms with Crippen molar-refractivity contribution in [3.63, 3.8) is 0 Å². The Hall–Kier alpha value is -7.33. The highest BCUT2D eigenvalue weighted by Crippen LogP contribution is 2.66. The van der Waals surface area contributed by atoms with E-state index in [0.717, 1.165) is 17.8 Å². The van der Waals surface area contributed by atoms with Gasteiger partial charge in [-0.2, -0.15) is 18.3 Å². The van der Waals surface area contributed by atoms with Crippen molar-refractivity contribution in [2.24, 2.45) is 29.1 Å². The van der Waals surface area contributed by atoms with Gasteiger partial charge in [0.15, 0.2) is 12.3 Å². The number of hydrogen-bond acceptors (Lipinski definition) is 17. The summed E-state index contributed by atoms with van der Waals surface area (Å²) in [6.45, 7) is 13.3. The van der Waals surface area contributed by atoms with Gasteiger partial charge < -0.3 is 64.0 Å². The van der Waals surface area contributed by atoms with Crippen LogP contribution in [-0.2, 0) is 63.4 Å². The van der Waals surface area contributed by atoms with Crippen LogP contribution in [0.25, 0.3) is 5.69 Å². The van der Waals surface area contributed by atoms with E-state index in [9.17, 15) is 61.7 Å². The molecule has 5 fully saturated rings. The molecule has 6 aliphatic rings. The average molecular weight is 1410 g/mol. The van der Waals surface area contributed by atoms with Gasteiger partial charge in [0, 0.05) is 101 Å². The predicted octanol–water partition coefficient (Wildman–Crippen LogP) is 9.04. The summed E-state index contributed by atoms with van der Waals surface area (Å²) in [6, 6.07) is 8.11. The van der Waals surface area contributed by atoms with Crippen molar-refractivity contribution in [1.82, 2.24) is 24.5 Å². The second-order valence-corrected chi connectivity index (χ2v) is 28.2. The number of amides is 5. The summed E-state index contributed by atoms with van der Waals surface area (Å²) in [5, 5.41) is 31.7. The number of alkyl halides is 3. The molecule has 0 radical (unpaired) electrons. The number of ketones is 2. The van der Waals surface area contributed by atoms with E-state index in [4.69, 9.17) is 40.0 Å². The first-order chi connectivity index (χ1) is 47.0. The number of allylic oxidation sites excluding steroid dienone is 3. The topological polar surface area (TPSA) is 284 Å². The largest absolute Gasteiger partial charge is 0.484 e. The lowest BCUT2D eigenvalue weighted by molar-refractivity contribution is -0.201. The molecular formula is C72H93ClF3N7O16. The molecule has 0 unspecified atom stereocenters. The van der Waals surface area contributed by atoms with Gasteiger partial charge in [-0.1, -0.05) is 56.7 Å². The molecule has 27 heteroatoms. The van der Waals surface area contributed by atoms with Crippen LogP contribution in [0, 0.1) is 29.1 Å². The van der Waals surface area contributed by atoms with Crippen LogP contribution in [-0.4, -0.2) is 197 Å². The van der Waals surface area contributed by atoms with E-state index < -0.39 is 131 Å². The first kappa shape index (κ1) is 75.9. The molecule has 2 saturated carbocycles. The molecular weight excluding hydrogens is 1310 g/mol. The number of ether oxygens (including phenoxy) is 6. The number of carbonyl (C=O) groups is 8.